The zero-order valence-corrected chi connectivity index (χ0v) is 17.2. The predicted octanol–water partition coefficient (Wildman–Crippen LogP) is 4.70. The Morgan fingerprint density at radius 2 is 1.72 bits per heavy atom. The van der Waals surface area contributed by atoms with Crippen molar-refractivity contribution in [3.05, 3.63) is 58.1 Å². The summed E-state index contributed by atoms with van der Waals surface area (Å²) in [6, 6.07) is 13.2. The molecule has 1 heterocycles. The number of benzene rings is 2. The van der Waals surface area contributed by atoms with Gasteiger partial charge in [-0.25, -0.2) is 4.79 Å². The van der Waals surface area contributed by atoms with Gasteiger partial charge in [-0.2, -0.15) is 0 Å². The van der Waals surface area contributed by atoms with Crippen molar-refractivity contribution in [1.82, 2.24) is 0 Å². The monoisotopic (exact) mass is 430 g/mol. The van der Waals surface area contributed by atoms with Gasteiger partial charge in [0.15, 0.2) is 5.60 Å². The van der Waals surface area contributed by atoms with Crippen LogP contribution in [0.5, 0.6) is 0 Å². The number of para-hydroxylation sites is 2. The topological polar surface area (TPSA) is 49.9 Å². The molecule has 0 N–H and O–H groups in total. The molecule has 0 radical (unpaired) electrons. The van der Waals surface area contributed by atoms with Crippen molar-refractivity contribution < 1.29 is 14.3 Å². The van der Waals surface area contributed by atoms with Crippen LogP contribution in [0.4, 0.5) is 11.4 Å². The second kappa shape index (κ2) is 6.92. The molecule has 0 spiro atoms. The van der Waals surface area contributed by atoms with Crippen LogP contribution in [0.25, 0.3) is 0 Å². The normalized spacial score (nSPS) is 19.5. The van der Waals surface area contributed by atoms with Crippen LogP contribution in [0.1, 0.15) is 36.0 Å². The van der Waals surface area contributed by atoms with Crippen LogP contribution >= 0.6 is 23.2 Å². The minimum Gasteiger partial charge on any atom is -0.445 e. The molecule has 2 aromatic carbocycles. The van der Waals surface area contributed by atoms with Crippen molar-refractivity contribution in [2.24, 2.45) is 0 Å². The van der Waals surface area contributed by atoms with Gasteiger partial charge in [-0.1, -0.05) is 35.3 Å². The van der Waals surface area contributed by atoms with Gasteiger partial charge >= 0.3 is 5.97 Å². The maximum Gasteiger partial charge on any atom is 0.340 e. The molecule has 0 saturated heterocycles. The number of ether oxygens (including phenoxy) is 1. The van der Waals surface area contributed by atoms with Gasteiger partial charge < -0.3 is 14.5 Å². The fourth-order valence-corrected chi connectivity index (χ4v) is 4.33. The van der Waals surface area contributed by atoms with Crippen molar-refractivity contribution in [3.63, 3.8) is 0 Å². The third-order valence-electron chi connectivity index (χ3n) is 5.81. The lowest BCUT2D eigenvalue weighted by Crippen LogP contribution is -2.50. The second-order valence-corrected chi connectivity index (χ2v) is 8.72. The maximum absolute atomic E-state index is 13.4. The lowest BCUT2D eigenvalue weighted by atomic mass is 10.1. The SMILES string of the molecule is O=C(OC1(C(=O)N2CCN(C3CC3)c3ccccc32)CC1)c1cc(Cl)ccc1Cl. The molecular formula is C22H20Cl2N2O3. The van der Waals surface area contributed by atoms with Crippen LogP contribution in [0, 0.1) is 0 Å². The molecule has 5 nitrogen and oxygen atoms in total. The summed E-state index contributed by atoms with van der Waals surface area (Å²) in [5.41, 5.74) is 1.03. The van der Waals surface area contributed by atoms with E-state index < -0.39 is 11.6 Å². The Hall–Kier alpha value is -2.24. The Labute approximate surface area is 179 Å². The summed E-state index contributed by atoms with van der Waals surface area (Å²) in [5, 5.41) is 0.647. The lowest BCUT2D eigenvalue weighted by molar-refractivity contribution is -0.129. The van der Waals surface area contributed by atoms with Crippen LogP contribution < -0.4 is 9.80 Å². The Kier molecular flexibility index (Phi) is 4.48. The highest BCUT2D eigenvalue weighted by Crippen LogP contribution is 2.46. The summed E-state index contributed by atoms with van der Waals surface area (Å²) >= 11 is 12.1. The third-order valence-corrected chi connectivity index (χ3v) is 6.37. The molecular weight excluding hydrogens is 411 g/mol. The van der Waals surface area contributed by atoms with Gasteiger partial charge in [0.1, 0.15) is 0 Å². The highest BCUT2D eigenvalue weighted by Gasteiger charge is 2.57. The van der Waals surface area contributed by atoms with Gasteiger partial charge in [-0.05, 0) is 43.2 Å². The maximum atomic E-state index is 13.4. The van der Waals surface area contributed by atoms with Crippen LogP contribution in [0.3, 0.4) is 0 Å². The molecule has 1 aliphatic heterocycles. The number of nitrogens with zero attached hydrogens (tertiary/aromatic N) is 2. The first-order valence-corrected chi connectivity index (χ1v) is 10.6. The summed E-state index contributed by atoms with van der Waals surface area (Å²) in [5.74, 6) is -0.778. The molecule has 2 saturated carbocycles. The molecule has 0 bridgehead atoms. The molecule has 150 valence electrons. The summed E-state index contributed by atoms with van der Waals surface area (Å²) in [4.78, 5) is 30.3. The highest BCUT2D eigenvalue weighted by atomic mass is 35.5. The first-order chi connectivity index (χ1) is 14.0. The molecule has 5 rings (SSSR count). The lowest BCUT2D eigenvalue weighted by Gasteiger charge is -2.39. The Morgan fingerprint density at radius 3 is 2.41 bits per heavy atom. The number of hydrogen-bond donors (Lipinski definition) is 0. The minimum atomic E-state index is -1.11. The fourth-order valence-electron chi connectivity index (χ4n) is 3.97. The van der Waals surface area contributed by atoms with E-state index in [1.54, 1.807) is 17.0 Å². The molecule has 7 heteroatoms. The number of amides is 1. The van der Waals surface area contributed by atoms with Crippen molar-refractivity contribution in [2.45, 2.75) is 37.3 Å². The quantitative estimate of drug-likeness (QED) is 0.659. The van der Waals surface area contributed by atoms with E-state index in [2.05, 4.69) is 11.0 Å². The van der Waals surface area contributed by atoms with Gasteiger partial charge in [0.2, 0.25) is 0 Å². The summed E-state index contributed by atoms with van der Waals surface area (Å²) in [6.07, 6.45) is 3.43. The third kappa shape index (κ3) is 3.36. The van der Waals surface area contributed by atoms with E-state index in [0.29, 0.717) is 30.5 Å². The summed E-state index contributed by atoms with van der Waals surface area (Å²) in [7, 11) is 0. The van der Waals surface area contributed by atoms with E-state index in [1.807, 2.05) is 18.2 Å². The van der Waals surface area contributed by atoms with Crippen molar-refractivity contribution in [3.8, 4) is 0 Å². The van der Waals surface area contributed by atoms with E-state index in [1.165, 1.54) is 18.9 Å². The van der Waals surface area contributed by atoms with Crippen LogP contribution in [-0.4, -0.2) is 36.6 Å². The number of hydrogen-bond acceptors (Lipinski definition) is 4. The highest BCUT2D eigenvalue weighted by molar-refractivity contribution is 6.35. The van der Waals surface area contributed by atoms with Crippen LogP contribution in [-0.2, 0) is 9.53 Å². The zero-order chi connectivity index (χ0) is 20.2. The summed E-state index contributed by atoms with van der Waals surface area (Å²) < 4.78 is 5.70. The molecule has 0 aromatic heterocycles. The number of carbonyl (C=O) groups is 2. The number of esters is 1. The van der Waals surface area contributed by atoms with Gasteiger partial charge in [0, 0.05) is 37.0 Å². The molecule has 3 aliphatic rings. The summed E-state index contributed by atoms with van der Waals surface area (Å²) in [6.45, 7) is 1.38. The molecule has 2 fully saturated rings. The standard InChI is InChI=1S/C22H20Cl2N2O3/c23-14-5-8-17(24)16(13-14)20(27)29-22(9-10-22)21(28)26-12-11-25(15-6-7-15)18-3-1-2-4-19(18)26/h1-5,8,13,15H,6-7,9-12H2. The van der Waals surface area contributed by atoms with Crippen molar-refractivity contribution >= 4 is 46.5 Å². The molecule has 0 atom stereocenters. The molecule has 2 aliphatic carbocycles. The van der Waals surface area contributed by atoms with E-state index in [0.717, 1.165) is 17.9 Å². The Balaban J connectivity index is 1.39. The number of carbonyl (C=O) groups excluding carboxylic acids is 2. The predicted molar refractivity (Wildman–Crippen MR) is 113 cm³/mol. The van der Waals surface area contributed by atoms with Gasteiger partial charge in [0.05, 0.1) is 22.0 Å². The number of fused-ring (bicyclic) bond motifs is 1. The number of rotatable bonds is 4. The van der Waals surface area contributed by atoms with Crippen LogP contribution in [0.2, 0.25) is 10.0 Å². The average Bonchev–Trinajstić information content (AvgIpc) is 3.64. The molecule has 0 unspecified atom stereocenters. The minimum absolute atomic E-state index is 0.160. The van der Waals surface area contributed by atoms with Crippen molar-refractivity contribution in [1.29, 1.82) is 0 Å². The number of halogens is 2. The molecule has 29 heavy (non-hydrogen) atoms. The Morgan fingerprint density at radius 1 is 1.00 bits per heavy atom. The van der Waals surface area contributed by atoms with E-state index in [4.69, 9.17) is 27.9 Å². The van der Waals surface area contributed by atoms with Crippen LogP contribution in [0.15, 0.2) is 42.5 Å². The van der Waals surface area contributed by atoms with Gasteiger partial charge in [-0.3, -0.25) is 4.79 Å². The fraction of sp³-hybridized carbons (Fsp3) is 0.364. The molecule has 1 amide bonds. The molecule has 2 aromatic rings. The Bertz CT molecular complexity index is 1000. The van der Waals surface area contributed by atoms with E-state index in [-0.39, 0.29) is 16.5 Å². The first kappa shape index (κ1) is 18.8. The van der Waals surface area contributed by atoms with E-state index in [9.17, 15) is 9.59 Å². The van der Waals surface area contributed by atoms with Gasteiger partial charge in [0.25, 0.3) is 5.91 Å². The second-order valence-electron chi connectivity index (χ2n) is 7.88. The number of anilines is 2. The van der Waals surface area contributed by atoms with Crippen molar-refractivity contribution in [2.75, 3.05) is 22.9 Å². The average molecular weight is 431 g/mol. The zero-order valence-electron chi connectivity index (χ0n) is 15.7. The van der Waals surface area contributed by atoms with E-state index >= 15 is 0 Å². The van der Waals surface area contributed by atoms with Gasteiger partial charge in [-0.15, -0.1) is 0 Å². The smallest absolute Gasteiger partial charge is 0.340 e. The largest absolute Gasteiger partial charge is 0.445 e. The first-order valence-electron chi connectivity index (χ1n) is 9.84.